The van der Waals surface area contributed by atoms with Crippen LogP contribution in [0.15, 0.2) is 146 Å². The van der Waals surface area contributed by atoms with Gasteiger partial charge in [0.15, 0.2) is 20.4 Å². The largest absolute Gasteiger partial charge is 0.506 e. The fourth-order valence-electron chi connectivity index (χ4n) is 6.12. The molecule has 0 unspecified atom stereocenters. The highest BCUT2D eigenvalue weighted by molar-refractivity contribution is 7.86. The smallest absolute Gasteiger partial charge is 0.347 e. The van der Waals surface area contributed by atoms with Crippen LogP contribution in [0.5, 0.6) is 11.5 Å². The maximum Gasteiger partial charge on any atom is 0.347 e. The molecule has 1 atom stereocenters. The van der Waals surface area contributed by atoms with Crippen LogP contribution < -0.4 is 36.6 Å². The van der Waals surface area contributed by atoms with Crippen LogP contribution in [0.3, 0.4) is 0 Å². The van der Waals surface area contributed by atoms with Crippen molar-refractivity contribution in [3.63, 3.8) is 0 Å². The average molecular weight is 756 g/mol. The topological polar surface area (TPSA) is 89.9 Å². The van der Waals surface area contributed by atoms with Crippen molar-refractivity contribution in [3.05, 3.63) is 156 Å². The number of phenolic OH excluding ortho intramolecular Hbond substituents is 1. The molecule has 6 aromatic carbocycles. The molecule has 6 rings (SSSR count). The summed E-state index contributed by atoms with van der Waals surface area (Å²) in [7, 11) is -7.70. The van der Waals surface area contributed by atoms with Crippen LogP contribution in [0.4, 0.5) is 0 Å². The lowest BCUT2D eigenvalue weighted by Gasteiger charge is -2.29. The molecule has 51 heavy (non-hydrogen) atoms. The second kappa shape index (κ2) is 15.4. The third kappa shape index (κ3) is 6.78. The summed E-state index contributed by atoms with van der Waals surface area (Å²) in [5.41, 5.74) is 0.0889. The minimum atomic E-state index is -3.86. The first-order valence-corrected chi connectivity index (χ1v) is 20.4. The zero-order valence-electron chi connectivity index (χ0n) is 27.8. The van der Waals surface area contributed by atoms with Crippen molar-refractivity contribution < 1.29 is 28.5 Å². The van der Waals surface area contributed by atoms with Crippen LogP contribution in [-0.2, 0) is 18.7 Å². The first-order valence-electron chi connectivity index (χ1n) is 16.2. The SMILES string of the molecule is CCOC(=O)[C@H](C)Oc1c(Cl)ccc(P(=O)(c2ccccc2)c2ccccc2)c1-c1c(P(=O)(c2ccccc2)c2ccccc2)ccc(Cl)c1O. The van der Waals surface area contributed by atoms with Crippen LogP contribution in [0, 0.1) is 0 Å². The number of carbonyl (C=O) groups excluding carboxylic acids is 1. The van der Waals surface area contributed by atoms with E-state index >= 15 is 9.13 Å². The zero-order chi connectivity index (χ0) is 36.2. The minimum Gasteiger partial charge on any atom is -0.506 e. The second-order valence-electron chi connectivity index (χ2n) is 11.6. The second-order valence-corrected chi connectivity index (χ2v) is 17.9. The predicted octanol–water partition coefficient (Wildman–Crippen LogP) is 7.98. The van der Waals surface area contributed by atoms with E-state index in [2.05, 4.69) is 0 Å². The molecule has 0 heterocycles. The van der Waals surface area contributed by atoms with Crippen LogP contribution >= 0.6 is 37.5 Å². The molecule has 0 spiro atoms. The molecular weight excluding hydrogens is 721 g/mol. The predicted molar refractivity (Wildman–Crippen MR) is 209 cm³/mol. The molecule has 0 saturated heterocycles. The van der Waals surface area contributed by atoms with Gasteiger partial charge in [0.25, 0.3) is 0 Å². The van der Waals surface area contributed by atoms with Gasteiger partial charge in [-0.2, -0.15) is 0 Å². The Morgan fingerprint density at radius 3 is 1.37 bits per heavy atom. The van der Waals surface area contributed by atoms with Gasteiger partial charge in [0.1, 0.15) is 11.5 Å². The first-order chi connectivity index (χ1) is 24.6. The number of carbonyl (C=O) groups is 1. The first kappa shape index (κ1) is 36.2. The summed E-state index contributed by atoms with van der Waals surface area (Å²) in [4.78, 5) is 13.0. The standard InChI is InChI=1S/C41H34Cl2O6P2/c1-3-48-41(45)28(2)49-40-34(43)25-27-36(51(47,31-20-12-6-13-21-31)32-22-14-7-15-23-32)38(40)37-35(26-24-33(42)39(37)44)50(46,29-16-8-4-9-17-29)30-18-10-5-11-19-30/h4-28,44H,3H2,1-2H3/t28-/m0/s1. The number of esters is 1. The fraction of sp³-hybridized carbons (Fsp3) is 0.0976. The van der Waals surface area contributed by atoms with Gasteiger partial charge in [-0.15, -0.1) is 0 Å². The fourth-order valence-corrected chi connectivity index (χ4v) is 12.2. The molecule has 0 fully saturated rings. The van der Waals surface area contributed by atoms with Crippen LogP contribution in [-0.4, -0.2) is 23.8 Å². The highest BCUT2D eigenvalue weighted by Gasteiger charge is 2.40. The van der Waals surface area contributed by atoms with E-state index in [9.17, 15) is 9.90 Å². The maximum absolute atomic E-state index is 16.1. The van der Waals surface area contributed by atoms with E-state index in [4.69, 9.17) is 32.7 Å². The van der Waals surface area contributed by atoms with Crippen molar-refractivity contribution >= 4 is 75.3 Å². The van der Waals surface area contributed by atoms with Gasteiger partial charge in [0.2, 0.25) is 0 Å². The Balaban J connectivity index is 1.81. The van der Waals surface area contributed by atoms with Crippen LogP contribution in [0.1, 0.15) is 13.8 Å². The molecule has 0 aliphatic rings. The number of halogens is 2. The maximum atomic E-state index is 16.1. The number of phenols is 1. The van der Waals surface area contributed by atoms with Crippen molar-refractivity contribution in [2.75, 3.05) is 6.61 Å². The van der Waals surface area contributed by atoms with Crippen molar-refractivity contribution in [2.24, 2.45) is 0 Å². The van der Waals surface area contributed by atoms with Crippen molar-refractivity contribution in [3.8, 4) is 22.6 Å². The third-order valence-electron chi connectivity index (χ3n) is 8.52. The van der Waals surface area contributed by atoms with E-state index in [0.29, 0.717) is 21.2 Å². The number of aromatic hydroxyl groups is 1. The Hall–Kier alpha value is -4.57. The third-order valence-corrected chi connectivity index (χ3v) is 15.3. The summed E-state index contributed by atoms with van der Waals surface area (Å²) in [5, 5.41) is 14.5. The molecule has 0 radical (unpaired) electrons. The highest BCUT2D eigenvalue weighted by atomic mass is 35.5. The molecule has 0 aliphatic heterocycles. The highest BCUT2D eigenvalue weighted by Crippen LogP contribution is 2.54. The lowest BCUT2D eigenvalue weighted by atomic mass is 10.0. The number of rotatable bonds is 11. The summed E-state index contributed by atoms with van der Waals surface area (Å²) in [6.07, 6.45) is -1.18. The minimum absolute atomic E-state index is 0.00851. The van der Waals surface area contributed by atoms with Gasteiger partial charge in [-0.05, 0) is 38.1 Å². The van der Waals surface area contributed by atoms with E-state index in [0.717, 1.165) is 0 Å². The molecule has 6 aromatic rings. The number of benzene rings is 6. The van der Waals surface area contributed by atoms with Gasteiger partial charge in [-0.3, -0.25) is 0 Å². The Morgan fingerprint density at radius 1 is 0.608 bits per heavy atom. The Kier molecular flexibility index (Phi) is 10.9. The molecule has 0 amide bonds. The monoisotopic (exact) mass is 754 g/mol. The lowest BCUT2D eigenvalue weighted by Crippen LogP contribution is -2.31. The normalized spacial score (nSPS) is 12.2. The average Bonchev–Trinajstić information content (AvgIpc) is 3.17. The molecule has 0 bridgehead atoms. The van der Waals surface area contributed by atoms with Gasteiger partial charge in [0, 0.05) is 43.0 Å². The van der Waals surface area contributed by atoms with E-state index in [1.165, 1.54) is 13.0 Å². The molecule has 0 aliphatic carbocycles. The molecule has 0 aromatic heterocycles. The van der Waals surface area contributed by atoms with Gasteiger partial charge in [-0.25, -0.2) is 4.79 Å². The van der Waals surface area contributed by atoms with E-state index < -0.39 is 32.1 Å². The molecule has 258 valence electrons. The van der Waals surface area contributed by atoms with E-state index in [1.54, 1.807) is 122 Å². The number of ether oxygens (including phenoxy) is 2. The van der Waals surface area contributed by atoms with Crippen LogP contribution in [0.25, 0.3) is 11.1 Å². The Labute approximate surface area is 307 Å². The number of hydrogen-bond acceptors (Lipinski definition) is 6. The van der Waals surface area contributed by atoms with E-state index in [1.807, 2.05) is 24.3 Å². The molecule has 1 N–H and O–H groups in total. The molecule has 0 saturated carbocycles. The zero-order valence-corrected chi connectivity index (χ0v) is 31.1. The number of hydrogen-bond donors (Lipinski definition) is 1. The quantitative estimate of drug-likeness (QED) is 0.107. The summed E-state index contributed by atoms with van der Waals surface area (Å²) in [6, 6.07) is 42.0. The Bertz CT molecular complexity index is 2180. The summed E-state index contributed by atoms with van der Waals surface area (Å²) < 4.78 is 43.8. The van der Waals surface area contributed by atoms with Gasteiger partial charge in [-0.1, -0.05) is 145 Å². The molecule has 6 nitrogen and oxygen atoms in total. The van der Waals surface area contributed by atoms with Crippen LogP contribution in [0.2, 0.25) is 10.0 Å². The summed E-state index contributed by atoms with van der Waals surface area (Å²) in [5.74, 6) is -1.15. The van der Waals surface area contributed by atoms with Gasteiger partial charge in [0.05, 0.1) is 16.7 Å². The van der Waals surface area contributed by atoms with Gasteiger partial charge < -0.3 is 23.7 Å². The molecule has 10 heteroatoms. The van der Waals surface area contributed by atoms with E-state index in [-0.39, 0.29) is 44.1 Å². The summed E-state index contributed by atoms with van der Waals surface area (Å²) in [6.45, 7) is 3.30. The Morgan fingerprint density at radius 2 is 0.980 bits per heavy atom. The van der Waals surface area contributed by atoms with Crippen molar-refractivity contribution in [1.82, 2.24) is 0 Å². The summed E-state index contributed by atoms with van der Waals surface area (Å²) >= 11 is 13.7. The van der Waals surface area contributed by atoms with Crippen molar-refractivity contribution in [1.29, 1.82) is 0 Å². The lowest BCUT2D eigenvalue weighted by molar-refractivity contribution is -0.150. The molecular formula is C41H34Cl2O6P2. The van der Waals surface area contributed by atoms with Crippen molar-refractivity contribution in [2.45, 2.75) is 20.0 Å². The van der Waals surface area contributed by atoms with Gasteiger partial charge >= 0.3 is 5.97 Å².